The van der Waals surface area contributed by atoms with Crippen LogP contribution in [-0.4, -0.2) is 27.4 Å². The lowest BCUT2D eigenvalue weighted by atomic mass is 10.1. The van der Waals surface area contributed by atoms with Crippen LogP contribution < -0.4 is 14.8 Å². The highest BCUT2D eigenvalue weighted by atomic mass is 35.5. The molecule has 1 aromatic heterocycles. The van der Waals surface area contributed by atoms with E-state index in [4.69, 9.17) is 30.2 Å². The summed E-state index contributed by atoms with van der Waals surface area (Å²) in [5.74, 6) is 2.48. The van der Waals surface area contributed by atoms with Crippen molar-refractivity contribution in [2.24, 2.45) is 5.92 Å². The van der Waals surface area contributed by atoms with E-state index in [-0.39, 0.29) is 6.04 Å². The molecule has 0 amide bonds. The largest absolute Gasteiger partial charge is 0.493 e. The zero-order valence-electron chi connectivity index (χ0n) is 15.2. The van der Waals surface area contributed by atoms with E-state index >= 15 is 0 Å². The summed E-state index contributed by atoms with van der Waals surface area (Å²) in [4.78, 5) is 0. The molecule has 0 bridgehead atoms. The van der Waals surface area contributed by atoms with Crippen LogP contribution in [-0.2, 0) is 11.3 Å². The van der Waals surface area contributed by atoms with E-state index in [1.54, 1.807) is 20.5 Å². The third-order valence-corrected chi connectivity index (χ3v) is 3.95. The average Bonchev–Trinajstić information content (AvgIpc) is 3.11. The molecule has 0 spiro atoms. The fraction of sp³-hybridized carbons (Fsp3) is 0.474. The molecule has 1 aromatic carbocycles. The Labute approximate surface area is 154 Å². The van der Waals surface area contributed by atoms with Gasteiger partial charge in [0.1, 0.15) is 5.76 Å². The monoisotopic (exact) mass is 367 g/mol. The first kappa shape index (κ1) is 19.6. The fourth-order valence-electron chi connectivity index (χ4n) is 2.47. The van der Waals surface area contributed by atoms with Gasteiger partial charge in [-0.05, 0) is 35.7 Å². The minimum atomic E-state index is -0.0411. The van der Waals surface area contributed by atoms with Gasteiger partial charge in [-0.1, -0.05) is 25.4 Å². The molecular weight excluding hydrogens is 342 g/mol. The molecule has 0 aliphatic heterocycles. The van der Waals surface area contributed by atoms with Crippen LogP contribution in [0.3, 0.4) is 0 Å². The van der Waals surface area contributed by atoms with Gasteiger partial charge in [0.25, 0.3) is 0 Å². The lowest BCUT2D eigenvalue weighted by Gasteiger charge is -2.18. The third kappa shape index (κ3) is 5.66. The Bertz CT molecular complexity index is 643. The number of halogens is 1. The predicted molar refractivity (Wildman–Crippen MR) is 98.5 cm³/mol. The zero-order chi connectivity index (χ0) is 18.2. The van der Waals surface area contributed by atoms with Crippen molar-refractivity contribution < 1.29 is 18.6 Å². The molecule has 1 atom stereocenters. The first-order chi connectivity index (χ1) is 12.0. The molecule has 1 heterocycles. The molecule has 138 valence electrons. The maximum absolute atomic E-state index is 6.27. The SMILES string of the molecule is COc1cc(CNC(COCC(C)C)c2ccco2)cc(Cl)c1OC. The van der Waals surface area contributed by atoms with Gasteiger partial charge >= 0.3 is 0 Å². The van der Waals surface area contributed by atoms with Gasteiger partial charge in [0.2, 0.25) is 0 Å². The Morgan fingerprint density at radius 1 is 1.16 bits per heavy atom. The molecular formula is C19H26ClNO4. The van der Waals surface area contributed by atoms with Crippen LogP contribution in [0.2, 0.25) is 5.02 Å². The van der Waals surface area contributed by atoms with Crippen LogP contribution in [0.5, 0.6) is 11.5 Å². The van der Waals surface area contributed by atoms with Gasteiger partial charge in [-0.3, -0.25) is 0 Å². The summed E-state index contributed by atoms with van der Waals surface area (Å²) < 4.78 is 21.9. The molecule has 0 saturated carbocycles. The van der Waals surface area contributed by atoms with Crippen LogP contribution in [0.4, 0.5) is 0 Å². The lowest BCUT2D eigenvalue weighted by molar-refractivity contribution is 0.0844. The second-order valence-electron chi connectivity index (χ2n) is 6.19. The van der Waals surface area contributed by atoms with Crippen LogP contribution in [0.25, 0.3) is 0 Å². The number of methoxy groups -OCH3 is 2. The summed E-state index contributed by atoms with van der Waals surface area (Å²) in [5.41, 5.74) is 0.989. The van der Waals surface area contributed by atoms with Crippen molar-refractivity contribution in [1.29, 1.82) is 0 Å². The van der Waals surface area contributed by atoms with E-state index < -0.39 is 0 Å². The minimum absolute atomic E-state index is 0.0411. The van der Waals surface area contributed by atoms with Crippen molar-refractivity contribution in [1.82, 2.24) is 5.32 Å². The molecule has 0 fully saturated rings. The van der Waals surface area contributed by atoms with Crippen LogP contribution >= 0.6 is 11.6 Å². The molecule has 25 heavy (non-hydrogen) atoms. The van der Waals surface area contributed by atoms with E-state index in [2.05, 4.69) is 19.2 Å². The lowest BCUT2D eigenvalue weighted by Crippen LogP contribution is -2.25. The summed E-state index contributed by atoms with van der Waals surface area (Å²) in [6.07, 6.45) is 1.67. The molecule has 1 N–H and O–H groups in total. The maximum atomic E-state index is 6.27. The summed E-state index contributed by atoms with van der Waals surface area (Å²) in [6, 6.07) is 7.55. The highest BCUT2D eigenvalue weighted by Gasteiger charge is 2.16. The average molecular weight is 368 g/mol. The van der Waals surface area contributed by atoms with Gasteiger partial charge in [0, 0.05) is 13.2 Å². The van der Waals surface area contributed by atoms with Gasteiger partial charge in [-0.2, -0.15) is 0 Å². The zero-order valence-corrected chi connectivity index (χ0v) is 15.9. The Morgan fingerprint density at radius 2 is 1.96 bits per heavy atom. The van der Waals surface area contributed by atoms with E-state index in [0.29, 0.717) is 42.2 Å². The summed E-state index contributed by atoms with van der Waals surface area (Å²) in [7, 11) is 3.16. The molecule has 2 rings (SSSR count). The molecule has 2 aromatic rings. The topological polar surface area (TPSA) is 52.9 Å². The van der Waals surface area contributed by atoms with Gasteiger partial charge < -0.3 is 23.9 Å². The first-order valence-corrected chi connectivity index (χ1v) is 8.67. The highest BCUT2D eigenvalue weighted by molar-refractivity contribution is 6.32. The molecule has 0 aliphatic rings. The minimum Gasteiger partial charge on any atom is -0.493 e. The van der Waals surface area contributed by atoms with Crippen molar-refractivity contribution in [2.75, 3.05) is 27.4 Å². The Kier molecular flexibility index (Phi) is 7.62. The molecule has 5 nitrogen and oxygen atoms in total. The molecule has 6 heteroatoms. The van der Waals surface area contributed by atoms with Gasteiger partial charge in [-0.15, -0.1) is 0 Å². The number of nitrogens with one attached hydrogen (secondary N) is 1. The number of benzene rings is 1. The van der Waals surface area contributed by atoms with Crippen molar-refractivity contribution in [3.05, 3.63) is 46.9 Å². The number of ether oxygens (including phenoxy) is 3. The number of rotatable bonds is 10. The van der Waals surface area contributed by atoms with Crippen molar-refractivity contribution in [2.45, 2.75) is 26.4 Å². The van der Waals surface area contributed by atoms with Crippen LogP contribution in [0, 0.1) is 5.92 Å². The van der Waals surface area contributed by atoms with Gasteiger partial charge in [0.15, 0.2) is 11.5 Å². The van der Waals surface area contributed by atoms with E-state index in [1.807, 2.05) is 24.3 Å². The number of hydrogen-bond acceptors (Lipinski definition) is 5. The second-order valence-corrected chi connectivity index (χ2v) is 6.60. The molecule has 0 saturated heterocycles. The predicted octanol–water partition coefficient (Wildman–Crippen LogP) is 4.45. The first-order valence-electron chi connectivity index (χ1n) is 8.30. The normalized spacial score (nSPS) is 12.4. The van der Waals surface area contributed by atoms with Crippen molar-refractivity contribution >= 4 is 11.6 Å². The highest BCUT2D eigenvalue weighted by Crippen LogP contribution is 2.36. The number of furan rings is 1. The van der Waals surface area contributed by atoms with Crippen molar-refractivity contribution in [3.63, 3.8) is 0 Å². The Hall–Kier alpha value is -1.69. The second kappa shape index (κ2) is 9.70. The Balaban J connectivity index is 2.05. The van der Waals surface area contributed by atoms with Crippen LogP contribution in [0.15, 0.2) is 34.9 Å². The van der Waals surface area contributed by atoms with Crippen LogP contribution in [0.1, 0.15) is 31.2 Å². The van der Waals surface area contributed by atoms with E-state index in [9.17, 15) is 0 Å². The van der Waals surface area contributed by atoms with E-state index in [1.165, 1.54) is 0 Å². The molecule has 0 radical (unpaired) electrons. The quantitative estimate of drug-likeness (QED) is 0.672. The van der Waals surface area contributed by atoms with Gasteiger partial charge in [-0.25, -0.2) is 0 Å². The Morgan fingerprint density at radius 3 is 2.56 bits per heavy atom. The number of hydrogen-bond donors (Lipinski definition) is 1. The smallest absolute Gasteiger partial charge is 0.179 e. The molecule has 1 unspecified atom stereocenters. The van der Waals surface area contributed by atoms with Gasteiger partial charge in [0.05, 0.1) is 38.2 Å². The fourth-order valence-corrected chi connectivity index (χ4v) is 2.78. The maximum Gasteiger partial charge on any atom is 0.179 e. The van der Waals surface area contributed by atoms with Crippen molar-refractivity contribution in [3.8, 4) is 11.5 Å². The molecule has 0 aliphatic carbocycles. The summed E-state index contributed by atoms with van der Waals surface area (Å²) in [5, 5.41) is 3.97. The standard InChI is InChI=1S/C19H26ClNO4/c1-13(2)11-24-12-16(17-6-5-7-25-17)21-10-14-8-15(20)19(23-4)18(9-14)22-3/h5-9,13,16,21H,10-12H2,1-4H3. The third-order valence-electron chi connectivity index (χ3n) is 3.67. The van der Waals surface area contributed by atoms with E-state index in [0.717, 1.165) is 11.3 Å². The summed E-state index contributed by atoms with van der Waals surface area (Å²) >= 11 is 6.27. The summed E-state index contributed by atoms with van der Waals surface area (Å²) in [6.45, 7) is 6.09.